The van der Waals surface area contributed by atoms with Gasteiger partial charge in [0.1, 0.15) is 12.3 Å². The summed E-state index contributed by atoms with van der Waals surface area (Å²) in [6, 6.07) is 3.49. The number of H-pyrrole nitrogens is 1. The number of carbonyl (C=O) groups excluding carboxylic acids is 1. The van der Waals surface area contributed by atoms with E-state index in [1.807, 2.05) is 0 Å². The third kappa shape index (κ3) is 3.75. The summed E-state index contributed by atoms with van der Waals surface area (Å²) < 4.78 is 5.11. The maximum atomic E-state index is 11.4. The van der Waals surface area contributed by atoms with Gasteiger partial charge in [0.25, 0.3) is 0 Å². The molecule has 1 heterocycles. The maximum Gasteiger partial charge on any atom is 0.354 e. The molecule has 1 aromatic rings. The second-order valence-corrected chi connectivity index (χ2v) is 3.25. The predicted molar refractivity (Wildman–Crippen MR) is 58.9 cm³/mol. The summed E-state index contributed by atoms with van der Waals surface area (Å²) in [5.41, 5.74) is 0.509. The smallest absolute Gasteiger partial charge is 0.354 e. The fourth-order valence-electron chi connectivity index (χ4n) is 1.34. The lowest BCUT2D eigenvalue weighted by atomic mass is 10.4. The molecule has 1 N–H and O–H groups in total. The van der Waals surface area contributed by atoms with Crippen molar-refractivity contribution in [2.24, 2.45) is 0 Å². The molecule has 0 amide bonds. The van der Waals surface area contributed by atoms with Gasteiger partial charge in [0.15, 0.2) is 0 Å². The largest absolute Gasteiger partial charge is 0.460 e. The van der Waals surface area contributed by atoms with Crippen molar-refractivity contribution in [2.45, 2.75) is 13.8 Å². The molecule has 15 heavy (non-hydrogen) atoms. The minimum Gasteiger partial charge on any atom is -0.460 e. The highest BCUT2D eigenvalue weighted by atomic mass is 16.5. The van der Waals surface area contributed by atoms with Crippen LogP contribution in [-0.4, -0.2) is 42.1 Å². The van der Waals surface area contributed by atoms with E-state index in [4.69, 9.17) is 4.74 Å². The molecule has 0 bridgehead atoms. The molecule has 1 aromatic heterocycles. The Morgan fingerprint density at radius 2 is 2.20 bits per heavy atom. The van der Waals surface area contributed by atoms with Crippen molar-refractivity contribution in [1.82, 2.24) is 9.88 Å². The minimum absolute atomic E-state index is 0.285. The van der Waals surface area contributed by atoms with Crippen LogP contribution >= 0.6 is 0 Å². The van der Waals surface area contributed by atoms with Crippen LogP contribution in [0.4, 0.5) is 0 Å². The van der Waals surface area contributed by atoms with E-state index in [0.717, 1.165) is 19.6 Å². The summed E-state index contributed by atoms with van der Waals surface area (Å²) in [6.07, 6.45) is 1.71. The molecule has 84 valence electrons. The van der Waals surface area contributed by atoms with Crippen LogP contribution in [0.1, 0.15) is 24.3 Å². The highest BCUT2D eigenvalue weighted by molar-refractivity contribution is 5.87. The number of nitrogens with zero attached hydrogens (tertiary/aromatic N) is 1. The second kappa shape index (κ2) is 6.24. The van der Waals surface area contributed by atoms with Gasteiger partial charge in [0, 0.05) is 12.7 Å². The summed E-state index contributed by atoms with van der Waals surface area (Å²) >= 11 is 0. The first-order valence-corrected chi connectivity index (χ1v) is 5.30. The van der Waals surface area contributed by atoms with E-state index < -0.39 is 0 Å². The van der Waals surface area contributed by atoms with Crippen molar-refractivity contribution in [2.75, 3.05) is 26.2 Å². The number of ether oxygens (including phenoxy) is 1. The van der Waals surface area contributed by atoms with Gasteiger partial charge in [-0.05, 0) is 25.2 Å². The summed E-state index contributed by atoms with van der Waals surface area (Å²) in [6.45, 7) is 7.39. The molecule has 0 saturated heterocycles. The van der Waals surface area contributed by atoms with Gasteiger partial charge in [-0.15, -0.1) is 0 Å². The van der Waals surface area contributed by atoms with Crippen molar-refractivity contribution in [3.63, 3.8) is 0 Å². The van der Waals surface area contributed by atoms with Gasteiger partial charge in [-0.3, -0.25) is 0 Å². The normalized spacial score (nSPS) is 10.6. The number of nitrogens with one attached hydrogen (secondary N) is 1. The van der Waals surface area contributed by atoms with Crippen LogP contribution < -0.4 is 0 Å². The number of likely N-dealkylation sites (N-methyl/N-ethyl adjacent to an activating group) is 1. The second-order valence-electron chi connectivity index (χ2n) is 3.25. The molecule has 0 radical (unpaired) electrons. The van der Waals surface area contributed by atoms with Crippen LogP contribution in [0, 0.1) is 0 Å². The molecule has 4 nitrogen and oxygen atoms in total. The molecule has 0 unspecified atom stereocenters. The Balaban J connectivity index is 2.23. The molecule has 0 aliphatic heterocycles. The van der Waals surface area contributed by atoms with Gasteiger partial charge >= 0.3 is 5.97 Å². The Morgan fingerprint density at radius 1 is 1.47 bits per heavy atom. The Labute approximate surface area is 90.2 Å². The number of esters is 1. The van der Waals surface area contributed by atoms with E-state index in [1.165, 1.54) is 0 Å². The van der Waals surface area contributed by atoms with E-state index >= 15 is 0 Å². The fourth-order valence-corrected chi connectivity index (χ4v) is 1.34. The molecule has 1 rings (SSSR count). The van der Waals surface area contributed by atoms with Crippen LogP contribution in [-0.2, 0) is 4.74 Å². The number of aromatic amines is 1. The van der Waals surface area contributed by atoms with Crippen LogP contribution in [0.5, 0.6) is 0 Å². The first-order valence-electron chi connectivity index (χ1n) is 5.30. The Kier molecular flexibility index (Phi) is 4.90. The molecule has 0 fully saturated rings. The third-order valence-electron chi connectivity index (χ3n) is 2.35. The zero-order chi connectivity index (χ0) is 11.1. The number of carbonyl (C=O) groups is 1. The van der Waals surface area contributed by atoms with E-state index in [0.29, 0.717) is 12.3 Å². The molecule has 0 atom stereocenters. The van der Waals surface area contributed by atoms with Crippen molar-refractivity contribution in [3.8, 4) is 0 Å². The van der Waals surface area contributed by atoms with Gasteiger partial charge in [-0.1, -0.05) is 13.8 Å². The van der Waals surface area contributed by atoms with E-state index in [9.17, 15) is 4.79 Å². The average molecular weight is 210 g/mol. The van der Waals surface area contributed by atoms with Crippen LogP contribution in [0.2, 0.25) is 0 Å². The van der Waals surface area contributed by atoms with Crippen molar-refractivity contribution >= 4 is 5.97 Å². The van der Waals surface area contributed by atoms with E-state index in [2.05, 4.69) is 23.7 Å². The molecule has 0 spiro atoms. The van der Waals surface area contributed by atoms with Gasteiger partial charge in [-0.2, -0.15) is 0 Å². The van der Waals surface area contributed by atoms with Crippen LogP contribution in [0.3, 0.4) is 0 Å². The maximum absolute atomic E-state index is 11.4. The Hall–Kier alpha value is -1.29. The standard InChI is InChI=1S/C11H18N2O2/c1-3-13(4-2)8-9-15-11(14)10-6-5-7-12-10/h5-7,12H,3-4,8-9H2,1-2H3. The van der Waals surface area contributed by atoms with Crippen LogP contribution in [0.25, 0.3) is 0 Å². The minimum atomic E-state index is -0.285. The van der Waals surface area contributed by atoms with Crippen LogP contribution in [0.15, 0.2) is 18.3 Å². The zero-order valence-electron chi connectivity index (χ0n) is 9.32. The number of hydrogen-bond acceptors (Lipinski definition) is 3. The lowest BCUT2D eigenvalue weighted by Gasteiger charge is -2.17. The van der Waals surface area contributed by atoms with Gasteiger partial charge in [0.2, 0.25) is 0 Å². The summed E-state index contributed by atoms with van der Waals surface area (Å²) in [4.78, 5) is 16.4. The number of aromatic nitrogens is 1. The quantitative estimate of drug-likeness (QED) is 0.724. The third-order valence-corrected chi connectivity index (χ3v) is 2.35. The fraction of sp³-hybridized carbons (Fsp3) is 0.545. The van der Waals surface area contributed by atoms with Gasteiger partial charge in [0.05, 0.1) is 0 Å². The summed E-state index contributed by atoms with van der Waals surface area (Å²) in [5, 5.41) is 0. The van der Waals surface area contributed by atoms with E-state index in [1.54, 1.807) is 18.3 Å². The molecule has 0 aromatic carbocycles. The Morgan fingerprint density at radius 3 is 2.73 bits per heavy atom. The molecular weight excluding hydrogens is 192 g/mol. The molecule has 0 saturated carbocycles. The number of hydrogen-bond donors (Lipinski definition) is 1. The summed E-state index contributed by atoms with van der Waals surface area (Å²) in [7, 11) is 0. The lowest BCUT2D eigenvalue weighted by Crippen LogP contribution is -2.27. The topological polar surface area (TPSA) is 45.3 Å². The first-order chi connectivity index (χ1) is 7.27. The SMILES string of the molecule is CCN(CC)CCOC(=O)c1ccc[nH]1. The van der Waals surface area contributed by atoms with Gasteiger partial charge in [-0.25, -0.2) is 4.79 Å². The molecular formula is C11H18N2O2. The monoisotopic (exact) mass is 210 g/mol. The molecule has 0 aliphatic rings. The van der Waals surface area contributed by atoms with Gasteiger partial charge < -0.3 is 14.6 Å². The highest BCUT2D eigenvalue weighted by Gasteiger charge is 2.07. The Bertz CT molecular complexity index is 279. The molecule has 0 aliphatic carbocycles. The van der Waals surface area contributed by atoms with Crippen molar-refractivity contribution in [1.29, 1.82) is 0 Å². The zero-order valence-corrected chi connectivity index (χ0v) is 9.32. The highest BCUT2D eigenvalue weighted by Crippen LogP contribution is 1.97. The average Bonchev–Trinajstić information content (AvgIpc) is 2.77. The van der Waals surface area contributed by atoms with Crippen molar-refractivity contribution < 1.29 is 9.53 Å². The first kappa shape index (κ1) is 11.8. The summed E-state index contributed by atoms with van der Waals surface area (Å²) in [5.74, 6) is -0.285. The van der Waals surface area contributed by atoms with E-state index in [-0.39, 0.29) is 5.97 Å². The predicted octanol–water partition coefficient (Wildman–Crippen LogP) is 1.51. The molecule has 4 heteroatoms. The van der Waals surface area contributed by atoms with Crippen molar-refractivity contribution in [3.05, 3.63) is 24.0 Å². The lowest BCUT2D eigenvalue weighted by molar-refractivity contribution is 0.0460. The number of rotatable bonds is 6.